The Morgan fingerprint density at radius 1 is 0.446 bits per heavy atom. The fourth-order valence-corrected chi connectivity index (χ4v) is 9.70. The predicted molar refractivity (Wildman–Crippen MR) is 233 cm³/mol. The van der Waals surface area contributed by atoms with E-state index in [0.717, 1.165) is 52.6 Å². The topological polar surface area (TPSA) is 47.5 Å². The van der Waals surface area contributed by atoms with Crippen molar-refractivity contribution in [1.82, 2.24) is 18.9 Å². The normalized spacial score (nSPS) is 13.1. The van der Waals surface area contributed by atoms with Gasteiger partial charge in [0.2, 0.25) is 0 Å². The lowest BCUT2D eigenvalue weighted by Gasteiger charge is -2.16. The number of aliphatic imine (C=N–C) groups is 1. The molecule has 1 aliphatic heterocycles. The Labute approximate surface area is 320 Å². The lowest BCUT2D eigenvalue weighted by molar-refractivity contribution is 0.937. The van der Waals surface area contributed by atoms with Gasteiger partial charge < -0.3 is 8.97 Å². The zero-order chi connectivity index (χ0) is 36.5. The zero-order valence-corrected chi connectivity index (χ0v) is 30.2. The predicted octanol–water partition coefficient (Wildman–Crippen LogP) is 13.0. The first-order valence-electron chi connectivity index (χ1n) is 19.3. The van der Waals surface area contributed by atoms with Crippen LogP contribution in [0.4, 0.5) is 5.82 Å². The van der Waals surface area contributed by atoms with Crippen molar-refractivity contribution in [2.45, 2.75) is 12.8 Å². The van der Waals surface area contributed by atoms with Gasteiger partial charge in [0, 0.05) is 60.7 Å². The molecule has 5 heterocycles. The lowest BCUT2D eigenvalue weighted by atomic mass is 9.98. The molecular weight excluding hydrogens is 683 g/mol. The highest BCUT2D eigenvalue weighted by Crippen LogP contribution is 2.49. The average molecular weight is 714 g/mol. The molecule has 56 heavy (non-hydrogen) atoms. The highest BCUT2D eigenvalue weighted by molar-refractivity contribution is 6.39. The summed E-state index contributed by atoms with van der Waals surface area (Å²) in [6, 6.07) is 57.5. The number of aromatic nitrogens is 4. The Kier molecular flexibility index (Phi) is 5.94. The number of para-hydroxylation sites is 2. The van der Waals surface area contributed by atoms with Gasteiger partial charge in [0.15, 0.2) is 5.82 Å². The summed E-state index contributed by atoms with van der Waals surface area (Å²) in [4.78, 5) is 14.9. The standard InChI is InChI=1S/C51H31N5/c1-2-12-30(13-3-1)47-46(53-41-21-11-27-52-51(41)54-47)31-23-25-34(26-24-31)55-42-22-9-8-18-38(42)45-49(55)36-17-7-6-16-35(36)44-39-20-10-19-37-40-28-32-14-4-5-15-33(32)29-43(40)56(48(37)39)50(44)45/h1-10,12-20,22-29H,11,21H2. The minimum absolute atomic E-state index is 0.725. The molecule has 0 bridgehead atoms. The van der Waals surface area contributed by atoms with Crippen LogP contribution in [0, 0.1) is 0 Å². The number of aryl methyl sites for hydroxylation is 1. The Balaban J connectivity index is 1.13. The van der Waals surface area contributed by atoms with Gasteiger partial charge in [-0.05, 0) is 59.3 Å². The number of benzene rings is 8. The maximum Gasteiger partial charge on any atom is 0.174 e. The van der Waals surface area contributed by atoms with Crippen LogP contribution in [0.25, 0.3) is 110 Å². The van der Waals surface area contributed by atoms with Crippen molar-refractivity contribution in [2.75, 3.05) is 0 Å². The highest BCUT2D eigenvalue weighted by Gasteiger charge is 2.26. The maximum atomic E-state index is 5.22. The SMILES string of the molecule is C1=Nc2nc(-c3ccccc3)c(-c3ccc(-n4c5ccccc5c5c4c4ccccc4c4c6cccc7c8cc9ccccc9cc8n(c76)c45)cc3)nc2CC1. The molecule has 0 unspecified atom stereocenters. The van der Waals surface area contributed by atoms with Crippen LogP contribution in [0.3, 0.4) is 0 Å². The van der Waals surface area contributed by atoms with Gasteiger partial charge in [-0.3, -0.25) is 0 Å². The van der Waals surface area contributed by atoms with Crippen molar-refractivity contribution in [2.24, 2.45) is 4.99 Å². The minimum Gasteiger partial charge on any atom is -0.309 e. The van der Waals surface area contributed by atoms with Crippen LogP contribution in [-0.4, -0.2) is 25.2 Å². The average Bonchev–Trinajstić information content (AvgIpc) is 3.91. The fraction of sp³-hybridized carbons (Fsp3) is 0.0392. The minimum atomic E-state index is 0.725. The molecule has 0 aliphatic carbocycles. The first-order valence-corrected chi connectivity index (χ1v) is 19.3. The molecule has 0 saturated carbocycles. The Morgan fingerprint density at radius 2 is 1.11 bits per heavy atom. The fourth-order valence-electron chi connectivity index (χ4n) is 9.70. The van der Waals surface area contributed by atoms with Gasteiger partial charge in [0.1, 0.15) is 0 Å². The molecule has 5 heteroatoms. The van der Waals surface area contributed by atoms with E-state index in [1.165, 1.54) is 81.4 Å². The van der Waals surface area contributed by atoms with Crippen LogP contribution in [0.2, 0.25) is 0 Å². The molecular formula is C51H31N5. The second-order valence-electron chi connectivity index (χ2n) is 15.1. The van der Waals surface area contributed by atoms with E-state index in [1.54, 1.807) is 0 Å². The number of rotatable bonds is 3. The quantitative estimate of drug-likeness (QED) is 0.183. The van der Waals surface area contributed by atoms with Gasteiger partial charge in [-0.1, -0.05) is 127 Å². The van der Waals surface area contributed by atoms with Gasteiger partial charge >= 0.3 is 0 Å². The molecule has 0 fully saturated rings. The molecule has 8 aromatic carbocycles. The molecule has 13 rings (SSSR count). The monoisotopic (exact) mass is 713 g/mol. The smallest absolute Gasteiger partial charge is 0.174 e. The molecule has 0 spiro atoms. The summed E-state index contributed by atoms with van der Waals surface area (Å²) < 4.78 is 5.05. The summed E-state index contributed by atoms with van der Waals surface area (Å²) in [5.41, 5.74) is 12.1. The van der Waals surface area contributed by atoms with E-state index in [0.29, 0.717) is 0 Å². The Hall–Kier alpha value is -7.37. The Bertz CT molecular complexity index is 3630. The van der Waals surface area contributed by atoms with Crippen molar-refractivity contribution in [3.05, 3.63) is 163 Å². The largest absolute Gasteiger partial charge is 0.309 e. The Morgan fingerprint density at radius 3 is 1.96 bits per heavy atom. The molecule has 5 nitrogen and oxygen atoms in total. The van der Waals surface area contributed by atoms with Gasteiger partial charge in [0.05, 0.1) is 44.7 Å². The molecule has 260 valence electrons. The van der Waals surface area contributed by atoms with Gasteiger partial charge in [-0.25, -0.2) is 15.0 Å². The van der Waals surface area contributed by atoms with Crippen molar-refractivity contribution in [1.29, 1.82) is 0 Å². The van der Waals surface area contributed by atoms with Crippen molar-refractivity contribution < 1.29 is 0 Å². The molecule has 0 amide bonds. The van der Waals surface area contributed by atoms with Crippen LogP contribution in [-0.2, 0) is 6.42 Å². The molecule has 0 saturated heterocycles. The molecule has 0 radical (unpaired) electrons. The summed E-state index contributed by atoms with van der Waals surface area (Å²) in [7, 11) is 0. The van der Waals surface area contributed by atoms with Gasteiger partial charge in [-0.15, -0.1) is 0 Å². The second kappa shape index (κ2) is 11.1. The summed E-state index contributed by atoms with van der Waals surface area (Å²) >= 11 is 0. The highest BCUT2D eigenvalue weighted by atomic mass is 15.0. The number of nitrogens with zero attached hydrogens (tertiary/aromatic N) is 5. The van der Waals surface area contributed by atoms with E-state index in [2.05, 4.69) is 166 Å². The molecule has 0 N–H and O–H groups in total. The third-order valence-corrected chi connectivity index (χ3v) is 12.1. The number of hydrogen-bond donors (Lipinski definition) is 0. The van der Waals surface area contributed by atoms with Crippen LogP contribution >= 0.6 is 0 Å². The third kappa shape index (κ3) is 3.96. The summed E-state index contributed by atoms with van der Waals surface area (Å²) in [6.45, 7) is 0. The zero-order valence-electron chi connectivity index (χ0n) is 30.2. The van der Waals surface area contributed by atoms with Crippen LogP contribution in [0.15, 0.2) is 163 Å². The van der Waals surface area contributed by atoms with Crippen LogP contribution < -0.4 is 0 Å². The molecule has 12 aromatic rings. The summed E-state index contributed by atoms with van der Waals surface area (Å²) in [5.74, 6) is 0.725. The van der Waals surface area contributed by atoms with Gasteiger partial charge in [0.25, 0.3) is 0 Å². The molecule has 4 aromatic heterocycles. The summed E-state index contributed by atoms with van der Waals surface area (Å²) in [5, 5.41) is 12.7. The number of fused-ring (bicyclic) bond motifs is 15. The maximum absolute atomic E-state index is 5.22. The van der Waals surface area contributed by atoms with Gasteiger partial charge in [-0.2, -0.15) is 0 Å². The van der Waals surface area contributed by atoms with E-state index in [1.807, 2.05) is 12.3 Å². The summed E-state index contributed by atoms with van der Waals surface area (Å²) in [6.07, 6.45) is 3.67. The first kappa shape index (κ1) is 30.0. The van der Waals surface area contributed by atoms with E-state index in [9.17, 15) is 0 Å². The first-order chi connectivity index (χ1) is 27.8. The number of hydrogen-bond acceptors (Lipinski definition) is 3. The molecule has 0 atom stereocenters. The van der Waals surface area contributed by atoms with Crippen LogP contribution in [0.5, 0.6) is 0 Å². The van der Waals surface area contributed by atoms with Crippen molar-refractivity contribution in [3.63, 3.8) is 0 Å². The van der Waals surface area contributed by atoms with E-state index in [-0.39, 0.29) is 0 Å². The lowest BCUT2D eigenvalue weighted by Crippen LogP contribution is -2.04. The third-order valence-electron chi connectivity index (χ3n) is 12.1. The van der Waals surface area contributed by atoms with E-state index in [4.69, 9.17) is 9.97 Å². The van der Waals surface area contributed by atoms with Crippen LogP contribution in [0.1, 0.15) is 12.1 Å². The van der Waals surface area contributed by atoms with E-state index >= 15 is 0 Å². The molecule has 1 aliphatic rings. The second-order valence-corrected chi connectivity index (χ2v) is 15.1. The van der Waals surface area contributed by atoms with Crippen molar-refractivity contribution >= 4 is 93.5 Å². The van der Waals surface area contributed by atoms with E-state index < -0.39 is 0 Å². The van der Waals surface area contributed by atoms with Crippen molar-refractivity contribution in [3.8, 4) is 28.2 Å².